The first-order valence-corrected chi connectivity index (χ1v) is 9.08. The van der Waals surface area contributed by atoms with Gasteiger partial charge in [-0.15, -0.1) is 0 Å². The minimum absolute atomic E-state index is 0.0898. The van der Waals surface area contributed by atoms with Crippen molar-refractivity contribution in [1.82, 2.24) is 29.1 Å². The largest absolute Gasteiger partial charge is 0.425 e. The molecule has 0 aliphatic rings. The molecule has 0 amide bonds. The lowest BCUT2D eigenvalue weighted by molar-refractivity contribution is 0.413. The molecule has 0 N–H and O–H groups in total. The number of aromatic nitrogens is 6. The molecule has 4 rings (SSSR count). The fourth-order valence-corrected chi connectivity index (χ4v) is 3.11. The van der Waals surface area contributed by atoms with Crippen molar-refractivity contribution >= 4 is 11.0 Å². The summed E-state index contributed by atoms with van der Waals surface area (Å²) in [6, 6.07) is 7.97. The molecule has 0 atom stereocenters. The minimum atomic E-state index is -0.186. The maximum Gasteiger partial charge on any atom is 0.306 e. The van der Waals surface area contributed by atoms with Gasteiger partial charge in [-0.25, -0.2) is 4.68 Å². The number of fused-ring (bicyclic) bond motifs is 1. The lowest BCUT2D eigenvalue weighted by atomic mass is 10.1. The Morgan fingerprint density at radius 1 is 1.04 bits per heavy atom. The average molecular weight is 378 g/mol. The average Bonchev–Trinajstić information content (AvgIpc) is 3.24. The summed E-state index contributed by atoms with van der Waals surface area (Å²) in [6.07, 6.45) is 3.40. The molecule has 0 saturated heterocycles. The van der Waals surface area contributed by atoms with E-state index in [4.69, 9.17) is 4.74 Å². The van der Waals surface area contributed by atoms with Crippen molar-refractivity contribution in [2.45, 2.75) is 26.8 Å². The van der Waals surface area contributed by atoms with E-state index in [-0.39, 0.29) is 17.6 Å². The fourth-order valence-electron chi connectivity index (χ4n) is 3.11. The number of rotatable bonds is 4. The summed E-state index contributed by atoms with van der Waals surface area (Å²) in [6.45, 7) is 6.01. The first kappa shape index (κ1) is 18.0. The third-order valence-corrected chi connectivity index (χ3v) is 4.89. The summed E-state index contributed by atoms with van der Waals surface area (Å²) >= 11 is 0. The molecule has 0 unspecified atom stereocenters. The molecule has 0 aliphatic carbocycles. The molecular formula is C20H22N6O2. The normalized spacial score (nSPS) is 11.5. The number of benzene rings is 1. The highest BCUT2D eigenvalue weighted by Crippen LogP contribution is 2.27. The van der Waals surface area contributed by atoms with Gasteiger partial charge in [-0.3, -0.25) is 14.0 Å². The number of hydrogen-bond donors (Lipinski definition) is 0. The zero-order valence-corrected chi connectivity index (χ0v) is 16.5. The predicted molar refractivity (Wildman–Crippen MR) is 107 cm³/mol. The lowest BCUT2D eigenvalue weighted by Gasteiger charge is -2.11. The van der Waals surface area contributed by atoms with Crippen LogP contribution in [0.1, 0.15) is 25.6 Å². The van der Waals surface area contributed by atoms with Crippen LogP contribution in [0.4, 0.5) is 0 Å². The van der Waals surface area contributed by atoms with Crippen LogP contribution < -0.4 is 10.3 Å². The molecule has 0 aliphatic heterocycles. The molecule has 0 fully saturated rings. The standard InChI is InChI=1S/C20H22N6O2/c1-12(2)26-18-17(11-22-26)19(27)24(4)20(23-18)28-15-8-6-14(7-9-15)16-10-21-25(5)13(16)3/h6-12H,1-5H3. The highest BCUT2D eigenvalue weighted by atomic mass is 16.5. The molecule has 8 heteroatoms. The molecule has 1 aromatic carbocycles. The Hall–Kier alpha value is -3.42. The van der Waals surface area contributed by atoms with Gasteiger partial charge in [-0.05, 0) is 38.5 Å². The molecule has 28 heavy (non-hydrogen) atoms. The molecule has 0 spiro atoms. The highest BCUT2D eigenvalue weighted by Gasteiger charge is 2.16. The summed E-state index contributed by atoms with van der Waals surface area (Å²) in [5.74, 6) is 0.600. The molecule has 144 valence electrons. The Morgan fingerprint density at radius 3 is 2.36 bits per heavy atom. The van der Waals surface area contributed by atoms with Gasteiger partial charge in [-0.1, -0.05) is 12.1 Å². The topological polar surface area (TPSA) is 79.8 Å². The zero-order chi connectivity index (χ0) is 20.0. The monoisotopic (exact) mass is 378 g/mol. The van der Waals surface area contributed by atoms with Crippen molar-refractivity contribution in [3.05, 3.63) is 52.7 Å². The van der Waals surface area contributed by atoms with Gasteiger partial charge < -0.3 is 4.74 Å². The first-order valence-electron chi connectivity index (χ1n) is 9.08. The van der Waals surface area contributed by atoms with Crippen molar-refractivity contribution in [2.75, 3.05) is 0 Å². The van der Waals surface area contributed by atoms with Crippen molar-refractivity contribution in [2.24, 2.45) is 14.1 Å². The van der Waals surface area contributed by atoms with E-state index in [1.54, 1.807) is 17.9 Å². The predicted octanol–water partition coefficient (Wildman–Crippen LogP) is 3.21. The maximum atomic E-state index is 12.6. The van der Waals surface area contributed by atoms with Crippen LogP contribution in [0, 0.1) is 6.92 Å². The Bertz CT molecular complexity index is 1210. The van der Waals surface area contributed by atoms with Gasteiger partial charge in [0.1, 0.15) is 11.1 Å². The summed E-state index contributed by atoms with van der Waals surface area (Å²) in [5.41, 5.74) is 3.55. The number of hydrogen-bond acceptors (Lipinski definition) is 5. The second kappa shape index (κ2) is 6.63. The molecule has 0 saturated carbocycles. The molecule has 0 radical (unpaired) electrons. The van der Waals surface area contributed by atoms with Crippen LogP contribution in [-0.2, 0) is 14.1 Å². The summed E-state index contributed by atoms with van der Waals surface area (Å²) in [5, 5.41) is 9.03. The second-order valence-corrected chi connectivity index (χ2v) is 7.07. The van der Waals surface area contributed by atoms with E-state index < -0.39 is 0 Å². The third kappa shape index (κ3) is 2.87. The van der Waals surface area contributed by atoms with Crippen LogP contribution in [-0.4, -0.2) is 29.1 Å². The molecule has 4 aromatic rings. The van der Waals surface area contributed by atoms with Crippen molar-refractivity contribution in [3.8, 4) is 22.9 Å². The van der Waals surface area contributed by atoms with Crippen LogP contribution in [0.5, 0.6) is 11.8 Å². The van der Waals surface area contributed by atoms with Crippen LogP contribution >= 0.6 is 0 Å². The van der Waals surface area contributed by atoms with E-state index in [0.717, 1.165) is 16.8 Å². The van der Waals surface area contributed by atoms with Gasteiger partial charge in [-0.2, -0.15) is 15.2 Å². The summed E-state index contributed by atoms with van der Waals surface area (Å²) < 4.78 is 10.9. The maximum absolute atomic E-state index is 12.6. The highest BCUT2D eigenvalue weighted by molar-refractivity contribution is 5.74. The van der Waals surface area contributed by atoms with Gasteiger partial charge in [0.2, 0.25) is 0 Å². The SMILES string of the molecule is Cc1c(-c2ccc(Oc3nc4c(cnn4C(C)C)c(=O)n3C)cc2)cnn1C. The van der Waals surface area contributed by atoms with Crippen molar-refractivity contribution in [1.29, 1.82) is 0 Å². The van der Waals surface area contributed by atoms with E-state index >= 15 is 0 Å². The molecule has 3 aromatic heterocycles. The summed E-state index contributed by atoms with van der Waals surface area (Å²) in [4.78, 5) is 17.2. The van der Waals surface area contributed by atoms with Gasteiger partial charge in [0, 0.05) is 31.4 Å². The Morgan fingerprint density at radius 2 is 1.75 bits per heavy atom. The van der Waals surface area contributed by atoms with Crippen molar-refractivity contribution < 1.29 is 4.74 Å². The minimum Gasteiger partial charge on any atom is -0.425 e. The molecule has 0 bridgehead atoms. The van der Waals surface area contributed by atoms with E-state index in [0.29, 0.717) is 16.8 Å². The number of nitrogens with zero attached hydrogens (tertiary/aromatic N) is 6. The van der Waals surface area contributed by atoms with E-state index in [1.165, 1.54) is 4.57 Å². The van der Waals surface area contributed by atoms with E-state index in [2.05, 4.69) is 15.2 Å². The Labute approximate surface area is 162 Å². The van der Waals surface area contributed by atoms with Gasteiger partial charge >= 0.3 is 6.01 Å². The number of ether oxygens (including phenoxy) is 1. The second-order valence-electron chi connectivity index (χ2n) is 7.07. The summed E-state index contributed by atoms with van der Waals surface area (Å²) in [7, 11) is 3.56. The molecule has 8 nitrogen and oxygen atoms in total. The van der Waals surface area contributed by atoms with Crippen LogP contribution in [0.2, 0.25) is 0 Å². The lowest BCUT2D eigenvalue weighted by Crippen LogP contribution is -2.20. The Balaban J connectivity index is 1.70. The molecule has 3 heterocycles. The smallest absolute Gasteiger partial charge is 0.306 e. The van der Waals surface area contributed by atoms with Crippen LogP contribution in [0.25, 0.3) is 22.2 Å². The zero-order valence-electron chi connectivity index (χ0n) is 16.5. The van der Waals surface area contributed by atoms with E-state index in [1.807, 2.05) is 63.0 Å². The van der Waals surface area contributed by atoms with Gasteiger partial charge in [0.05, 0.1) is 12.4 Å². The fraction of sp³-hybridized carbons (Fsp3) is 0.300. The van der Waals surface area contributed by atoms with E-state index in [9.17, 15) is 4.79 Å². The van der Waals surface area contributed by atoms with Gasteiger partial charge in [0.25, 0.3) is 5.56 Å². The number of aryl methyl sites for hydroxylation is 1. The molecular weight excluding hydrogens is 356 g/mol. The van der Waals surface area contributed by atoms with Crippen molar-refractivity contribution in [3.63, 3.8) is 0 Å². The third-order valence-electron chi connectivity index (χ3n) is 4.89. The quantitative estimate of drug-likeness (QED) is 0.545. The van der Waals surface area contributed by atoms with Gasteiger partial charge in [0.15, 0.2) is 5.65 Å². The van der Waals surface area contributed by atoms with Crippen LogP contribution in [0.3, 0.4) is 0 Å². The first-order chi connectivity index (χ1) is 13.4. The Kier molecular flexibility index (Phi) is 4.26. The van der Waals surface area contributed by atoms with Crippen LogP contribution in [0.15, 0.2) is 41.5 Å².